The van der Waals surface area contributed by atoms with E-state index in [0.717, 1.165) is 23.2 Å². The van der Waals surface area contributed by atoms with Gasteiger partial charge in [-0.25, -0.2) is 0 Å². The van der Waals surface area contributed by atoms with Crippen LogP contribution in [0.2, 0.25) is 0 Å². The predicted molar refractivity (Wildman–Crippen MR) is 81.3 cm³/mol. The number of methoxy groups -OCH3 is 1. The molecule has 0 bridgehead atoms. The Morgan fingerprint density at radius 2 is 1.90 bits per heavy atom. The summed E-state index contributed by atoms with van der Waals surface area (Å²) in [4.78, 5) is 11.7. The van der Waals surface area contributed by atoms with Crippen LogP contribution in [0.25, 0.3) is 0 Å². The fraction of sp³-hybridized carbons (Fsp3) is 0.278. The van der Waals surface area contributed by atoms with Gasteiger partial charge in [-0.3, -0.25) is 0 Å². The molecule has 1 unspecified atom stereocenters. The molecule has 20 heavy (non-hydrogen) atoms. The molecule has 0 fully saturated rings. The summed E-state index contributed by atoms with van der Waals surface area (Å²) in [5.41, 5.74) is 2.71. The SMILES string of the molecule is COc1ccccc1C(C)(C=O)Cc1cccc(C)c1. The lowest BCUT2D eigenvalue weighted by molar-refractivity contribution is -0.112. The molecule has 2 nitrogen and oxygen atoms in total. The van der Waals surface area contributed by atoms with Gasteiger partial charge in [-0.2, -0.15) is 0 Å². The third kappa shape index (κ3) is 2.90. The van der Waals surface area contributed by atoms with Crippen molar-refractivity contribution in [2.45, 2.75) is 25.7 Å². The Morgan fingerprint density at radius 3 is 2.55 bits per heavy atom. The van der Waals surface area contributed by atoms with Crippen LogP contribution in [0.1, 0.15) is 23.6 Å². The van der Waals surface area contributed by atoms with Crippen molar-refractivity contribution in [3.05, 3.63) is 65.2 Å². The van der Waals surface area contributed by atoms with Crippen molar-refractivity contribution in [1.82, 2.24) is 0 Å². The monoisotopic (exact) mass is 268 g/mol. The van der Waals surface area contributed by atoms with Crippen molar-refractivity contribution >= 4 is 6.29 Å². The highest BCUT2D eigenvalue weighted by atomic mass is 16.5. The number of ether oxygens (including phenoxy) is 1. The summed E-state index contributed by atoms with van der Waals surface area (Å²) < 4.78 is 5.40. The van der Waals surface area contributed by atoms with E-state index >= 15 is 0 Å². The van der Waals surface area contributed by atoms with Crippen molar-refractivity contribution in [2.75, 3.05) is 7.11 Å². The Labute approximate surface area is 120 Å². The molecule has 2 aromatic rings. The summed E-state index contributed by atoms with van der Waals surface area (Å²) in [6.07, 6.45) is 1.69. The molecule has 2 aromatic carbocycles. The summed E-state index contributed by atoms with van der Waals surface area (Å²) in [6.45, 7) is 4.02. The standard InChI is InChI=1S/C18H20O2/c1-14-7-6-8-15(11-14)12-18(2,13-19)16-9-4-5-10-17(16)20-3/h4-11,13H,12H2,1-3H3. The Hall–Kier alpha value is -2.09. The Balaban J connectivity index is 2.41. The van der Waals surface area contributed by atoms with E-state index in [0.29, 0.717) is 6.42 Å². The number of carbonyl (C=O) groups excluding carboxylic acids is 1. The Bertz CT molecular complexity index is 604. The number of hydrogen-bond donors (Lipinski definition) is 0. The number of rotatable bonds is 5. The number of benzene rings is 2. The van der Waals surface area contributed by atoms with Crippen molar-refractivity contribution in [3.8, 4) is 5.75 Å². The summed E-state index contributed by atoms with van der Waals surface area (Å²) in [5.74, 6) is 0.759. The molecular weight excluding hydrogens is 248 g/mol. The van der Waals surface area contributed by atoms with E-state index in [2.05, 4.69) is 25.1 Å². The molecule has 0 aliphatic carbocycles. The first-order valence-corrected chi connectivity index (χ1v) is 6.74. The highest BCUT2D eigenvalue weighted by molar-refractivity contribution is 5.70. The highest BCUT2D eigenvalue weighted by Gasteiger charge is 2.29. The maximum atomic E-state index is 11.7. The molecule has 0 aliphatic rings. The minimum absolute atomic E-state index is 0.583. The molecule has 0 N–H and O–H groups in total. The first-order chi connectivity index (χ1) is 9.59. The summed E-state index contributed by atoms with van der Waals surface area (Å²) >= 11 is 0. The number of carbonyl (C=O) groups is 1. The number of hydrogen-bond acceptors (Lipinski definition) is 2. The van der Waals surface area contributed by atoms with E-state index in [4.69, 9.17) is 4.74 Å². The lowest BCUT2D eigenvalue weighted by atomic mass is 9.78. The van der Waals surface area contributed by atoms with Crippen LogP contribution in [-0.2, 0) is 16.6 Å². The third-order valence-corrected chi connectivity index (χ3v) is 3.64. The quantitative estimate of drug-likeness (QED) is 0.773. The van der Waals surface area contributed by atoms with Gasteiger partial charge < -0.3 is 9.53 Å². The lowest BCUT2D eigenvalue weighted by Gasteiger charge is -2.26. The van der Waals surface area contributed by atoms with Gasteiger partial charge in [0.2, 0.25) is 0 Å². The first-order valence-electron chi connectivity index (χ1n) is 6.74. The van der Waals surface area contributed by atoms with Crippen molar-refractivity contribution in [2.24, 2.45) is 0 Å². The second kappa shape index (κ2) is 5.91. The molecule has 2 heteroatoms. The molecule has 1 atom stereocenters. The minimum atomic E-state index is -0.583. The van der Waals surface area contributed by atoms with Gasteiger partial charge >= 0.3 is 0 Å². The van der Waals surface area contributed by atoms with Crippen molar-refractivity contribution in [3.63, 3.8) is 0 Å². The highest BCUT2D eigenvalue weighted by Crippen LogP contribution is 2.33. The summed E-state index contributed by atoms with van der Waals surface area (Å²) in [7, 11) is 1.64. The zero-order valence-electron chi connectivity index (χ0n) is 12.2. The zero-order chi connectivity index (χ0) is 14.6. The molecule has 104 valence electrons. The van der Waals surface area contributed by atoms with E-state index in [1.165, 1.54) is 5.56 Å². The molecule has 0 amide bonds. The minimum Gasteiger partial charge on any atom is -0.496 e. The smallest absolute Gasteiger partial charge is 0.130 e. The fourth-order valence-corrected chi connectivity index (χ4v) is 2.56. The molecule has 0 radical (unpaired) electrons. The fourth-order valence-electron chi connectivity index (χ4n) is 2.56. The summed E-state index contributed by atoms with van der Waals surface area (Å²) in [6, 6.07) is 16.0. The van der Waals surface area contributed by atoms with Crippen LogP contribution in [0, 0.1) is 6.92 Å². The largest absolute Gasteiger partial charge is 0.496 e. The molecule has 2 rings (SSSR count). The van der Waals surface area contributed by atoms with Crippen LogP contribution in [0.4, 0.5) is 0 Å². The number of aldehydes is 1. The second-order valence-corrected chi connectivity index (χ2v) is 5.40. The zero-order valence-corrected chi connectivity index (χ0v) is 12.2. The van der Waals surface area contributed by atoms with Gasteiger partial charge in [-0.15, -0.1) is 0 Å². The van der Waals surface area contributed by atoms with E-state index in [9.17, 15) is 4.79 Å². The number of aryl methyl sites for hydroxylation is 1. The molecule has 0 spiro atoms. The second-order valence-electron chi connectivity index (χ2n) is 5.40. The van der Waals surface area contributed by atoms with Crippen LogP contribution in [0.15, 0.2) is 48.5 Å². The average molecular weight is 268 g/mol. The Morgan fingerprint density at radius 1 is 1.15 bits per heavy atom. The van der Waals surface area contributed by atoms with Gasteiger partial charge in [0.1, 0.15) is 12.0 Å². The van der Waals surface area contributed by atoms with Crippen molar-refractivity contribution in [1.29, 1.82) is 0 Å². The van der Waals surface area contributed by atoms with E-state index < -0.39 is 5.41 Å². The first kappa shape index (κ1) is 14.3. The van der Waals surface area contributed by atoms with Gasteiger partial charge in [0.15, 0.2) is 0 Å². The maximum Gasteiger partial charge on any atom is 0.130 e. The van der Waals surface area contributed by atoms with E-state index in [-0.39, 0.29) is 0 Å². The van der Waals surface area contributed by atoms with Crippen LogP contribution < -0.4 is 4.74 Å². The molecule has 0 saturated carbocycles. The Kier molecular flexibility index (Phi) is 4.23. The van der Waals surface area contributed by atoms with Crippen LogP contribution in [0.5, 0.6) is 5.75 Å². The molecule has 0 saturated heterocycles. The average Bonchev–Trinajstić information content (AvgIpc) is 2.47. The van der Waals surface area contributed by atoms with Gasteiger partial charge in [0.25, 0.3) is 0 Å². The van der Waals surface area contributed by atoms with Gasteiger partial charge in [-0.05, 0) is 31.9 Å². The third-order valence-electron chi connectivity index (χ3n) is 3.64. The lowest BCUT2D eigenvalue weighted by Crippen LogP contribution is -2.27. The van der Waals surface area contributed by atoms with Gasteiger partial charge in [0.05, 0.1) is 12.5 Å². The normalized spacial score (nSPS) is 13.6. The van der Waals surface area contributed by atoms with Gasteiger partial charge in [-0.1, -0.05) is 48.0 Å². The number of para-hydroxylation sites is 1. The maximum absolute atomic E-state index is 11.7. The molecule has 0 heterocycles. The molecular formula is C18H20O2. The van der Waals surface area contributed by atoms with Crippen LogP contribution >= 0.6 is 0 Å². The van der Waals surface area contributed by atoms with Crippen molar-refractivity contribution < 1.29 is 9.53 Å². The van der Waals surface area contributed by atoms with E-state index in [1.54, 1.807) is 7.11 Å². The summed E-state index contributed by atoms with van der Waals surface area (Å²) in [5, 5.41) is 0. The van der Waals surface area contributed by atoms with E-state index in [1.807, 2.05) is 37.3 Å². The van der Waals surface area contributed by atoms with Crippen LogP contribution in [0.3, 0.4) is 0 Å². The predicted octanol–water partition coefficient (Wildman–Crippen LogP) is 3.70. The topological polar surface area (TPSA) is 26.3 Å². The molecule has 0 aliphatic heterocycles. The van der Waals surface area contributed by atoms with Gasteiger partial charge in [0, 0.05) is 5.56 Å². The molecule has 0 aromatic heterocycles. The van der Waals surface area contributed by atoms with Crippen LogP contribution in [-0.4, -0.2) is 13.4 Å².